The lowest BCUT2D eigenvalue weighted by molar-refractivity contribution is -0.119. The van der Waals surface area contributed by atoms with Gasteiger partial charge in [0, 0.05) is 10.0 Å². The second-order valence-corrected chi connectivity index (χ2v) is 4.32. The van der Waals surface area contributed by atoms with Crippen LogP contribution in [0.25, 0.3) is 0 Å². The van der Waals surface area contributed by atoms with Gasteiger partial charge in [-0.25, -0.2) is 4.79 Å². The van der Waals surface area contributed by atoms with E-state index in [1.54, 1.807) is 25.1 Å². The molecule has 0 radical (unpaired) electrons. The summed E-state index contributed by atoms with van der Waals surface area (Å²) >= 11 is 3.31. The molecule has 2 amide bonds. The fourth-order valence-corrected chi connectivity index (χ4v) is 1.70. The molecule has 0 aliphatic heterocycles. The molecule has 1 aromatic rings. The standard InChI is InChI=1S/C12H14BrNO4/c1-3-18-12(16)14-11(15)6-8-4-5-9(13)7-10(8)17-2/h4-5,7H,3,6H2,1-2H3,(H,14,15,16). The third kappa shape index (κ3) is 4.37. The highest BCUT2D eigenvalue weighted by Crippen LogP contribution is 2.23. The lowest BCUT2D eigenvalue weighted by atomic mass is 10.1. The largest absolute Gasteiger partial charge is 0.496 e. The van der Waals surface area contributed by atoms with Gasteiger partial charge in [-0.15, -0.1) is 0 Å². The highest BCUT2D eigenvalue weighted by Gasteiger charge is 2.12. The highest BCUT2D eigenvalue weighted by atomic mass is 79.9. The van der Waals surface area contributed by atoms with E-state index >= 15 is 0 Å². The van der Waals surface area contributed by atoms with E-state index in [1.807, 2.05) is 0 Å². The average molecular weight is 316 g/mol. The van der Waals surface area contributed by atoms with Crippen molar-refractivity contribution in [2.75, 3.05) is 13.7 Å². The summed E-state index contributed by atoms with van der Waals surface area (Å²) in [6.45, 7) is 1.89. The Morgan fingerprint density at radius 1 is 1.39 bits per heavy atom. The molecule has 0 fully saturated rings. The minimum atomic E-state index is -0.737. The van der Waals surface area contributed by atoms with Crippen LogP contribution in [0.5, 0.6) is 5.75 Å². The minimum absolute atomic E-state index is 0.0509. The Bertz CT molecular complexity index is 448. The van der Waals surface area contributed by atoms with E-state index in [0.717, 1.165) is 4.47 Å². The van der Waals surface area contributed by atoms with Crippen LogP contribution in [0, 0.1) is 0 Å². The van der Waals surface area contributed by atoms with Crippen LogP contribution < -0.4 is 10.1 Å². The molecule has 1 N–H and O–H groups in total. The number of amides is 2. The highest BCUT2D eigenvalue weighted by molar-refractivity contribution is 9.10. The molecule has 0 aliphatic rings. The zero-order chi connectivity index (χ0) is 13.5. The number of halogens is 1. The molecule has 0 saturated carbocycles. The van der Waals surface area contributed by atoms with Crippen molar-refractivity contribution >= 4 is 27.9 Å². The molecule has 0 bridgehead atoms. The predicted octanol–water partition coefficient (Wildman–Crippen LogP) is 2.27. The van der Waals surface area contributed by atoms with Crippen LogP contribution >= 0.6 is 15.9 Å². The molecular weight excluding hydrogens is 302 g/mol. The lowest BCUT2D eigenvalue weighted by Gasteiger charge is -2.09. The van der Waals surface area contributed by atoms with Crippen molar-refractivity contribution in [1.29, 1.82) is 0 Å². The summed E-state index contributed by atoms with van der Waals surface area (Å²) in [7, 11) is 1.52. The number of rotatable bonds is 4. The van der Waals surface area contributed by atoms with Crippen LogP contribution in [0.4, 0.5) is 4.79 Å². The number of imide groups is 1. The Labute approximate surface area is 114 Å². The van der Waals surface area contributed by atoms with Gasteiger partial charge in [-0.2, -0.15) is 0 Å². The van der Waals surface area contributed by atoms with Crippen molar-refractivity contribution in [3.8, 4) is 5.75 Å². The van der Waals surface area contributed by atoms with E-state index in [0.29, 0.717) is 11.3 Å². The molecule has 6 heteroatoms. The van der Waals surface area contributed by atoms with E-state index in [9.17, 15) is 9.59 Å². The quantitative estimate of drug-likeness (QED) is 0.925. The SMILES string of the molecule is CCOC(=O)NC(=O)Cc1ccc(Br)cc1OC. The van der Waals surface area contributed by atoms with Crippen molar-refractivity contribution < 1.29 is 19.1 Å². The van der Waals surface area contributed by atoms with Crippen molar-refractivity contribution in [3.05, 3.63) is 28.2 Å². The van der Waals surface area contributed by atoms with Gasteiger partial charge in [0.2, 0.25) is 5.91 Å². The molecule has 1 aromatic carbocycles. The Hall–Kier alpha value is -1.56. The molecule has 0 atom stereocenters. The molecular formula is C12H14BrNO4. The Kier molecular flexibility index (Phi) is 5.64. The molecule has 5 nitrogen and oxygen atoms in total. The zero-order valence-corrected chi connectivity index (χ0v) is 11.7. The lowest BCUT2D eigenvalue weighted by Crippen LogP contribution is -2.32. The number of ether oxygens (including phenoxy) is 2. The monoisotopic (exact) mass is 315 g/mol. The summed E-state index contributed by atoms with van der Waals surface area (Å²) in [5, 5.41) is 2.13. The van der Waals surface area contributed by atoms with Gasteiger partial charge in [-0.1, -0.05) is 22.0 Å². The van der Waals surface area contributed by atoms with Gasteiger partial charge in [0.15, 0.2) is 0 Å². The number of nitrogens with one attached hydrogen (secondary N) is 1. The number of hydrogen-bond donors (Lipinski definition) is 1. The molecule has 0 aliphatic carbocycles. The van der Waals surface area contributed by atoms with Crippen LogP contribution in [0.3, 0.4) is 0 Å². The van der Waals surface area contributed by atoms with Crippen LogP contribution in [0.1, 0.15) is 12.5 Å². The summed E-state index contributed by atoms with van der Waals surface area (Å²) in [6.07, 6.45) is -0.687. The van der Waals surface area contributed by atoms with Crippen molar-refractivity contribution in [2.24, 2.45) is 0 Å². The van der Waals surface area contributed by atoms with Gasteiger partial charge in [-0.05, 0) is 19.1 Å². The van der Waals surface area contributed by atoms with Crippen LogP contribution in [0.2, 0.25) is 0 Å². The first kappa shape index (κ1) is 14.5. The van der Waals surface area contributed by atoms with E-state index in [1.165, 1.54) is 7.11 Å². The summed E-state index contributed by atoms with van der Waals surface area (Å²) in [5.41, 5.74) is 0.697. The van der Waals surface area contributed by atoms with Crippen molar-refractivity contribution in [1.82, 2.24) is 5.32 Å². The number of carbonyl (C=O) groups is 2. The number of methoxy groups -OCH3 is 1. The summed E-state index contributed by atoms with van der Waals surface area (Å²) in [6, 6.07) is 5.32. The summed E-state index contributed by atoms with van der Waals surface area (Å²) in [5.74, 6) is 0.150. The fourth-order valence-electron chi connectivity index (χ4n) is 1.36. The van der Waals surface area contributed by atoms with Gasteiger partial charge in [0.25, 0.3) is 0 Å². The van der Waals surface area contributed by atoms with E-state index in [4.69, 9.17) is 4.74 Å². The normalized spacial score (nSPS) is 9.72. The first-order chi connectivity index (χ1) is 8.56. The van der Waals surface area contributed by atoms with E-state index < -0.39 is 12.0 Å². The Morgan fingerprint density at radius 2 is 2.11 bits per heavy atom. The van der Waals surface area contributed by atoms with Crippen LogP contribution in [-0.2, 0) is 16.0 Å². The van der Waals surface area contributed by atoms with Crippen LogP contribution in [-0.4, -0.2) is 25.7 Å². The maximum atomic E-state index is 11.6. The van der Waals surface area contributed by atoms with Gasteiger partial charge >= 0.3 is 6.09 Å². The molecule has 0 spiro atoms. The zero-order valence-electron chi connectivity index (χ0n) is 10.2. The smallest absolute Gasteiger partial charge is 0.413 e. The minimum Gasteiger partial charge on any atom is -0.496 e. The maximum absolute atomic E-state index is 11.6. The third-order valence-electron chi connectivity index (χ3n) is 2.12. The van der Waals surface area contributed by atoms with Crippen LogP contribution in [0.15, 0.2) is 22.7 Å². The predicted molar refractivity (Wildman–Crippen MR) is 69.6 cm³/mol. The Balaban J connectivity index is 2.67. The average Bonchev–Trinajstić information content (AvgIpc) is 2.31. The van der Waals surface area contributed by atoms with Gasteiger partial charge in [0.05, 0.1) is 20.1 Å². The number of hydrogen-bond acceptors (Lipinski definition) is 4. The molecule has 18 heavy (non-hydrogen) atoms. The van der Waals surface area contributed by atoms with Gasteiger partial charge < -0.3 is 9.47 Å². The molecule has 0 unspecified atom stereocenters. The van der Waals surface area contributed by atoms with E-state index in [2.05, 4.69) is 26.0 Å². The van der Waals surface area contributed by atoms with Crippen molar-refractivity contribution in [2.45, 2.75) is 13.3 Å². The van der Waals surface area contributed by atoms with Crippen molar-refractivity contribution in [3.63, 3.8) is 0 Å². The van der Waals surface area contributed by atoms with Gasteiger partial charge in [-0.3, -0.25) is 10.1 Å². The summed E-state index contributed by atoms with van der Waals surface area (Å²) < 4.78 is 10.6. The Morgan fingerprint density at radius 3 is 2.72 bits per heavy atom. The molecule has 98 valence electrons. The second-order valence-electron chi connectivity index (χ2n) is 3.40. The fraction of sp³-hybridized carbons (Fsp3) is 0.333. The van der Waals surface area contributed by atoms with E-state index in [-0.39, 0.29) is 13.0 Å². The first-order valence-electron chi connectivity index (χ1n) is 5.35. The maximum Gasteiger partial charge on any atom is 0.413 e. The number of benzene rings is 1. The van der Waals surface area contributed by atoms with Gasteiger partial charge in [0.1, 0.15) is 5.75 Å². The molecule has 0 saturated heterocycles. The molecule has 0 aromatic heterocycles. The summed E-state index contributed by atoms with van der Waals surface area (Å²) in [4.78, 5) is 22.6. The topological polar surface area (TPSA) is 64.6 Å². The number of carbonyl (C=O) groups excluding carboxylic acids is 2. The second kappa shape index (κ2) is 7.00. The third-order valence-corrected chi connectivity index (χ3v) is 2.61. The molecule has 1 rings (SSSR count). The number of alkyl carbamates (subject to hydrolysis) is 1. The first-order valence-corrected chi connectivity index (χ1v) is 6.15. The molecule has 0 heterocycles.